The largest absolute Gasteiger partial charge is 0.393 e. The van der Waals surface area contributed by atoms with Gasteiger partial charge in [-0.1, -0.05) is 36.6 Å². The zero-order valence-electron chi connectivity index (χ0n) is 17.1. The first-order valence-electron chi connectivity index (χ1n) is 10.4. The average Bonchev–Trinajstić information content (AvgIpc) is 2.77. The highest BCUT2D eigenvalue weighted by Crippen LogP contribution is 2.29. The van der Waals surface area contributed by atoms with Crippen molar-refractivity contribution in [2.45, 2.75) is 38.2 Å². The zero-order valence-corrected chi connectivity index (χ0v) is 17.9. The van der Waals surface area contributed by atoms with E-state index in [4.69, 9.17) is 11.6 Å². The van der Waals surface area contributed by atoms with Crippen molar-refractivity contribution in [3.8, 4) is 16.9 Å². The molecule has 0 aliphatic heterocycles. The number of halogens is 3. The number of aliphatic hydroxyl groups is 1. The predicted octanol–water partition coefficient (Wildman–Crippen LogP) is 4.96. The van der Waals surface area contributed by atoms with Crippen molar-refractivity contribution in [2.24, 2.45) is 5.92 Å². The van der Waals surface area contributed by atoms with Crippen LogP contribution in [0.25, 0.3) is 16.9 Å². The molecule has 0 amide bonds. The van der Waals surface area contributed by atoms with Gasteiger partial charge in [-0.2, -0.15) is 9.78 Å². The second-order valence-electron chi connectivity index (χ2n) is 8.01. The van der Waals surface area contributed by atoms with E-state index in [1.807, 2.05) is 0 Å². The van der Waals surface area contributed by atoms with Crippen molar-refractivity contribution in [3.63, 3.8) is 0 Å². The minimum atomic E-state index is -0.705. The van der Waals surface area contributed by atoms with E-state index in [1.165, 1.54) is 36.4 Å². The van der Waals surface area contributed by atoms with Crippen LogP contribution in [0, 0.1) is 17.6 Å². The van der Waals surface area contributed by atoms with Crippen LogP contribution in [0.1, 0.15) is 42.5 Å². The van der Waals surface area contributed by atoms with Crippen molar-refractivity contribution < 1.29 is 18.7 Å². The molecule has 166 valence electrons. The standard InChI is InChI=1S/C24H21ClF2N2O3/c25-19-9-8-14(10-20(19)27)21-13-18(23(31)11-15-4-1-2-7-22(15)30)24(32)29(28-21)17-6-3-5-16(26)12-17/h3,5-6,8-10,12-13,15,22,30H,1-2,4,7,11H2/t15-,22-/m0/s1. The molecule has 1 fully saturated rings. The molecule has 1 aliphatic rings. The van der Waals surface area contributed by atoms with Crippen molar-refractivity contribution >= 4 is 17.4 Å². The molecule has 0 spiro atoms. The molecule has 3 aromatic rings. The van der Waals surface area contributed by atoms with Crippen LogP contribution in [0.2, 0.25) is 5.02 Å². The molecule has 1 saturated carbocycles. The number of carbonyl (C=O) groups excluding carboxylic acids is 1. The van der Waals surface area contributed by atoms with E-state index in [0.717, 1.165) is 29.7 Å². The Hall–Kier alpha value is -2.90. The highest BCUT2D eigenvalue weighted by Gasteiger charge is 2.27. The molecule has 1 aliphatic carbocycles. The van der Waals surface area contributed by atoms with Crippen LogP contribution in [-0.4, -0.2) is 26.8 Å². The molecular weight excluding hydrogens is 438 g/mol. The fraction of sp³-hybridized carbons (Fsp3) is 0.292. The summed E-state index contributed by atoms with van der Waals surface area (Å²) >= 11 is 5.77. The minimum Gasteiger partial charge on any atom is -0.393 e. The van der Waals surface area contributed by atoms with Crippen molar-refractivity contribution in [1.29, 1.82) is 0 Å². The summed E-state index contributed by atoms with van der Waals surface area (Å²) in [7, 11) is 0. The third-order valence-electron chi connectivity index (χ3n) is 5.80. The van der Waals surface area contributed by atoms with E-state index in [1.54, 1.807) is 0 Å². The van der Waals surface area contributed by atoms with E-state index < -0.39 is 29.1 Å². The molecule has 0 radical (unpaired) electrons. The maximum absolute atomic E-state index is 14.1. The van der Waals surface area contributed by atoms with Gasteiger partial charge in [-0.25, -0.2) is 8.78 Å². The molecule has 1 aromatic heterocycles. The van der Waals surface area contributed by atoms with Gasteiger partial charge in [0.15, 0.2) is 5.78 Å². The summed E-state index contributed by atoms with van der Waals surface area (Å²) in [5.41, 5.74) is -0.240. The molecule has 0 saturated heterocycles. The van der Waals surface area contributed by atoms with Crippen molar-refractivity contribution in [2.75, 3.05) is 0 Å². The maximum atomic E-state index is 14.1. The first-order chi connectivity index (χ1) is 15.3. The highest BCUT2D eigenvalue weighted by molar-refractivity contribution is 6.30. The number of nitrogens with zero attached hydrogens (tertiary/aromatic N) is 2. The quantitative estimate of drug-likeness (QED) is 0.549. The number of rotatable bonds is 5. The van der Waals surface area contributed by atoms with E-state index in [0.29, 0.717) is 18.4 Å². The lowest BCUT2D eigenvalue weighted by Gasteiger charge is -2.26. The minimum absolute atomic E-state index is 0.0119. The van der Waals surface area contributed by atoms with Crippen LogP contribution in [0.15, 0.2) is 53.3 Å². The topological polar surface area (TPSA) is 72.2 Å². The molecule has 1 N–H and O–H groups in total. The summed E-state index contributed by atoms with van der Waals surface area (Å²) in [4.78, 5) is 26.3. The number of ketones is 1. The Morgan fingerprint density at radius 1 is 1.12 bits per heavy atom. The second-order valence-corrected chi connectivity index (χ2v) is 8.42. The Balaban J connectivity index is 1.82. The van der Waals surface area contributed by atoms with Crippen LogP contribution >= 0.6 is 11.6 Å². The molecule has 0 bridgehead atoms. The predicted molar refractivity (Wildman–Crippen MR) is 117 cm³/mol. The van der Waals surface area contributed by atoms with Gasteiger partial charge in [-0.05, 0) is 55.2 Å². The summed E-state index contributed by atoms with van der Waals surface area (Å²) in [6.07, 6.45) is 2.55. The van der Waals surface area contributed by atoms with Gasteiger partial charge in [0.1, 0.15) is 11.6 Å². The molecule has 4 rings (SSSR count). The third-order valence-corrected chi connectivity index (χ3v) is 6.10. The molecular formula is C24H21ClF2N2O3. The molecule has 0 unspecified atom stereocenters. The van der Waals surface area contributed by atoms with E-state index in [2.05, 4.69) is 5.10 Å². The molecule has 2 aromatic carbocycles. The smallest absolute Gasteiger partial charge is 0.282 e. The van der Waals surface area contributed by atoms with Crippen LogP contribution in [0.3, 0.4) is 0 Å². The maximum Gasteiger partial charge on any atom is 0.282 e. The number of hydrogen-bond acceptors (Lipinski definition) is 4. The van der Waals surface area contributed by atoms with Gasteiger partial charge in [0.25, 0.3) is 5.56 Å². The molecule has 32 heavy (non-hydrogen) atoms. The van der Waals surface area contributed by atoms with E-state index >= 15 is 0 Å². The van der Waals surface area contributed by atoms with Crippen LogP contribution in [0.5, 0.6) is 0 Å². The van der Waals surface area contributed by atoms with Crippen LogP contribution in [0.4, 0.5) is 8.78 Å². The fourth-order valence-corrected chi connectivity index (χ4v) is 4.17. The normalized spacial score (nSPS) is 18.5. The highest BCUT2D eigenvalue weighted by atomic mass is 35.5. The molecule has 2 atom stereocenters. The van der Waals surface area contributed by atoms with Gasteiger partial charge in [-0.3, -0.25) is 9.59 Å². The summed E-state index contributed by atoms with van der Waals surface area (Å²) in [6, 6.07) is 10.6. The van der Waals surface area contributed by atoms with Crippen LogP contribution in [-0.2, 0) is 0 Å². The van der Waals surface area contributed by atoms with Gasteiger partial charge in [0.05, 0.1) is 28.1 Å². The molecule has 1 heterocycles. The summed E-state index contributed by atoms with van der Waals surface area (Å²) in [5, 5.41) is 14.4. The van der Waals surface area contributed by atoms with E-state index in [9.17, 15) is 23.5 Å². The number of benzene rings is 2. The monoisotopic (exact) mass is 458 g/mol. The second kappa shape index (κ2) is 9.30. The SMILES string of the molecule is O=C(C[C@@H]1CCCC[C@@H]1O)c1cc(-c2ccc(Cl)c(F)c2)nn(-c2cccc(F)c2)c1=O. The van der Waals surface area contributed by atoms with E-state index in [-0.39, 0.29) is 34.3 Å². The summed E-state index contributed by atoms with van der Waals surface area (Å²) in [5.74, 6) is -1.92. The number of Topliss-reactive ketones (excluding diaryl/α,β-unsaturated/α-hetero) is 1. The van der Waals surface area contributed by atoms with Crippen LogP contribution < -0.4 is 5.56 Å². The molecule has 5 nitrogen and oxygen atoms in total. The lowest BCUT2D eigenvalue weighted by atomic mass is 9.82. The Labute approximate surface area is 188 Å². The number of aliphatic hydroxyl groups excluding tert-OH is 1. The van der Waals surface area contributed by atoms with Gasteiger partial charge >= 0.3 is 0 Å². The average molecular weight is 459 g/mol. The Bertz CT molecular complexity index is 1230. The zero-order chi connectivity index (χ0) is 22.8. The Morgan fingerprint density at radius 3 is 2.62 bits per heavy atom. The lowest BCUT2D eigenvalue weighted by molar-refractivity contribution is 0.0582. The van der Waals surface area contributed by atoms with Crippen molar-refractivity contribution in [3.05, 3.63) is 81.1 Å². The van der Waals surface area contributed by atoms with Gasteiger partial charge < -0.3 is 5.11 Å². The Kier molecular flexibility index (Phi) is 6.48. The number of hydrogen-bond donors (Lipinski definition) is 1. The van der Waals surface area contributed by atoms with Gasteiger partial charge in [0.2, 0.25) is 0 Å². The summed E-state index contributed by atoms with van der Waals surface area (Å²) in [6.45, 7) is 0. The van der Waals surface area contributed by atoms with Gasteiger partial charge in [-0.15, -0.1) is 0 Å². The first kappa shape index (κ1) is 22.3. The Morgan fingerprint density at radius 2 is 1.91 bits per heavy atom. The molecule has 8 heteroatoms. The fourth-order valence-electron chi connectivity index (χ4n) is 4.05. The first-order valence-corrected chi connectivity index (χ1v) is 10.8. The number of aromatic nitrogens is 2. The summed E-state index contributed by atoms with van der Waals surface area (Å²) < 4.78 is 28.8. The third kappa shape index (κ3) is 4.64. The van der Waals surface area contributed by atoms with Crippen molar-refractivity contribution in [1.82, 2.24) is 9.78 Å². The lowest BCUT2D eigenvalue weighted by Crippen LogP contribution is -2.31. The van der Waals surface area contributed by atoms with Gasteiger partial charge in [0, 0.05) is 12.0 Å². The number of carbonyl (C=O) groups is 1.